The van der Waals surface area contributed by atoms with Crippen molar-refractivity contribution in [1.82, 2.24) is 0 Å². The normalized spacial score (nSPS) is 13.2. The Hall–Kier alpha value is -1.66. The fraction of sp³-hybridized carbons (Fsp3) is 0.190. The summed E-state index contributed by atoms with van der Waals surface area (Å²) in [5.74, 6) is 0.907. The molecule has 4 heteroatoms. The number of rotatable bonds is 4. The monoisotopic (exact) mass is 461 g/mol. The van der Waals surface area contributed by atoms with Gasteiger partial charge in [0.05, 0.1) is 12.7 Å². The van der Waals surface area contributed by atoms with E-state index in [2.05, 4.69) is 57.8 Å². The molecule has 3 aromatic rings. The highest BCUT2D eigenvalue weighted by atomic mass is 127. The summed E-state index contributed by atoms with van der Waals surface area (Å²) >= 11 is 1.76. The number of fused-ring (bicyclic) bond motifs is 1. The van der Waals surface area contributed by atoms with Gasteiger partial charge >= 0.3 is 0 Å². The van der Waals surface area contributed by atoms with Crippen molar-refractivity contribution in [2.75, 3.05) is 13.7 Å². The highest BCUT2D eigenvalue weighted by Gasteiger charge is 2.27. The molecule has 0 N–H and O–H groups in total. The molecule has 0 bridgehead atoms. The maximum atomic E-state index is 5.27. The van der Waals surface area contributed by atoms with Crippen LogP contribution in [0, 0.1) is 0 Å². The van der Waals surface area contributed by atoms with Gasteiger partial charge in [0.15, 0.2) is 6.54 Å². The van der Waals surface area contributed by atoms with Crippen LogP contribution in [0.2, 0.25) is 0 Å². The number of benzene rings is 2. The van der Waals surface area contributed by atoms with Crippen molar-refractivity contribution in [3.8, 4) is 5.75 Å². The summed E-state index contributed by atoms with van der Waals surface area (Å²) in [4.78, 5) is 0. The molecule has 0 saturated heterocycles. The number of hydrogen-bond acceptors (Lipinski definition) is 2. The Labute approximate surface area is 169 Å². The Morgan fingerprint density at radius 1 is 1.04 bits per heavy atom. The molecule has 0 aliphatic carbocycles. The molecule has 4 rings (SSSR count). The maximum Gasteiger partial charge on any atom is 0.215 e. The Balaban J connectivity index is 0.00000182. The van der Waals surface area contributed by atoms with Crippen molar-refractivity contribution >= 4 is 17.0 Å². The summed E-state index contributed by atoms with van der Waals surface area (Å²) in [7, 11) is 1.71. The molecule has 128 valence electrons. The van der Waals surface area contributed by atoms with E-state index in [4.69, 9.17) is 4.74 Å². The van der Waals surface area contributed by atoms with E-state index in [-0.39, 0.29) is 24.0 Å². The summed E-state index contributed by atoms with van der Waals surface area (Å²) in [5.41, 5.74) is 6.80. The Kier molecular flexibility index (Phi) is 5.91. The zero-order valence-corrected chi connectivity index (χ0v) is 17.1. The predicted molar refractivity (Wildman–Crippen MR) is 99.5 cm³/mol. The van der Waals surface area contributed by atoms with E-state index in [1.807, 2.05) is 12.1 Å². The molecular formula is C21H20INOS. The summed E-state index contributed by atoms with van der Waals surface area (Å²) in [6, 6.07) is 19.4. The van der Waals surface area contributed by atoms with Crippen LogP contribution in [0.15, 0.2) is 65.4 Å². The minimum atomic E-state index is 0. The van der Waals surface area contributed by atoms with Gasteiger partial charge in [-0.2, -0.15) is 11.3 Å². The third kappa shape index (κ3) is 3.80. The molecular weight excluding hydrogens is 441 g/mol. The molecule has 1 aliphatic rings. The van der Waals surface area contributed by atoms with Crippen LogP contribution in [0.25, 0.3) is 0 Å². The van der Waals surface area contributed by atoms with E-state index < -0.39 is 0 Å². The van der Waals surface area contributed by atoms with Crippen molar-refractivity contribution in [1.29, 1.82) is 0 Å². The van der Waals surface area contributed by atoms with Gasteiger partial charge in [-0.25, -0.2) is 4.58 Å². The van der Waals surface area contributed by atoms with E-state index >= 15 is 0 Å². The van der Waals surface area contributed by atoms with Crippen molar-refractivity contribution in [2.24, 2.45) is 0 Å². The van der Waals surface area contributed by atoms with Crippen LogP contribution in [0.1, 0.15) is 22.3 Å². The van der Waals surface area contributed by atoms with Crippen LogP contribution in [0.3, 0.4) is 0 Å². The van der Waals surface area contributed by atoms with Crippen molar-refractivity contribution < 1.29 is 33.3 Å². The lowest BCUT2D eigenvalue weighted by atomic mass is 9.93. The van der Waals surface area contributed by atoms with Gasteiger partial charge in [-0.1, -0.05) is 18.2 Å². The molecule has 0 fully saturated rings. The molecule has 1 aliphatic heterocycles. The van der Waals surface area contributed by atoms with Crippen LogP contribution >= 0.6 is 11.3 Å². The van der Waals surface area contributed by atoms with E-state index in [1.165, 1.54) is 28.0 Å². The quantitative estimate of drug-likeness (QED) is 0.423. The largest absolute Gasteiger partial charge is 1.00 e. The van der Waals surface area contributed by atoms with Crippen molar-refractivity contribution in [3.63, 3.8) is 0 Å². The highest BCUT2D eigenvalue weighted by molar-refractivity contribution is 7.08. The summed E-state index contributed by atoms with van der Waals surface area (Å²) in [5, 5.41) is 4.41. The van der Waals surface area contributed by atoms with E-state index in [0.29, 0.717) is 0 Å². The summed E-state index contributed by atoms with van der Waals surface area (Å²) in [6.45, 7) is 1.97. The van der Waals surface area contributed by atoms with Gasteiger partial charge in [-0.05, 0) is 47.3 Å². The Morgan fingerprint density at radius 3 is 2.56 bits per heavy atom. The average Bonchev–Trinajstić information content (AvgIpc) is 3.16. The highest BCUT2D eigenvalue weighted by Crippen LogP contribution is 2.23. The SMILES string of the molecule is COc1ccc(C[N+]2=C(c3ccsc3)c3ccccc3CC2)cc1.[I-]. The van der Waals surface area contributed by atoms with Gasteiger partial charge in [0.1, 0.15) is 12.3 Å². The van der Waals surface area contributed by atoms with Gasteiger partial charge in [0.25, 0.3) is 0 Å². The third-order valence-electron chi connectivity index (χ3n) is 4.57. The first-order valence-corrected chi connectivity index (χ1v) is 9.15. The van der Waals surface area contributed by atoms with Crippen LogP contribution in [0.5, 0.6) is 5.75 Å². The first-order chi connectivity index (χ1) is 11.8. The zero-order chi connectivity index (χ0) is 16.4. The van der Waals surface area contributed by atoms with Gasteiger partial charge in [-0.3, -0.25) is 0 Å². The van der Waals surface area contributed by atoms with E-state index in [0.717, 1.165) is 25.3 Å². The van der Waals surface area contributed by atoms with Crippen LogP contribution in [0.4, 0.5) is 0 Å². The topological polar surface area (TPSA) is 12.2 Å². The fourth-order valence-electron chi connectivity index (χ4n) is 3.35. The third-order valence-corrected chi connectivity index (χ3v) is 5.25. The van der Waals surface area contributed by atoms with E-state index in [9.17, 15) is 0 Å². The molecule has 0 radical (unpaired) electrons. The van der Waals surface area contributed by atoms with Gasteiger partial charge in [0, 0.05) is 22.9 Å². The number of ether oxygens (including phenoxy) is 1. The molecule has 0 spiro atoms. The number of thiophene rings is 1. The second-order valence-electron chi connectivity index (χ2n) is 6.04. The van der Waals surface area contributed by atoms with Crippen LogP contribution in [-0.2, 0) is 13.0 Å². The molecule has 2 aromatic carbocycles. The standard InChI is InChI=1S/C21H20NOS.HI/c1-23-19-8-6-16(7-9-19)14-22-12-10-17-4-2-3-5-20(17)21(22)18-11-13-24-15-18;/h2-9,11,13,15H,10,12,14H2,1H3;1H/q+1;/p-1. The molecule has 25 heavy (non-hydrogen) atoms. The van der Waals surface area contributed by atoms with Crippen molar-refractivity contribution in [3.05, 3.63) is 87.6 Å². The first kappa shape index (κ1) is 18.1. The number of methoxy groups -OCH3 is 1. The number of hydrogen-bond donors (Lipinski definition) is 0. The molecule has 0 atom stereocenters. The summed E-state index contributed by atoms with van der Waals surface area (Å²) < 4.78 is 7.77. The lowest BCUT2D eigenvalue weighted by molar-refractivity contribution is -0.544. The zero-order valence-electron chi connectivity index (χ0n) is 14.1. The second kappa shape index (κ2) is 8.15. The molecule has 0 amide bonds. The van der Waals surface area contributed by atoms with Crippen molar-refractivity contribution in [2.45, 2.75) is 13.0 Å². The van der Waals surface area contributed by atoms with Gasteiger partial charge in [-0.15, -0.1) is 0 Å². The summed E-state index contributed by atoms with van der Waals surface area (Å²) in [6.07, 6.45) is 1.10. The molecule has 0 unspecified atom stereocenters. The average molecular weight is 461 g/mol. The fourth-order valence-corrected chi connectivity index (χ4v) is 3.99. The molecule has 2 heterocycles. The minimum Gasteiger partial charge on any atom is -1.00 e. The van der Waals surface area contributed by atoms with Gasteiger partial charge < -0.3 is 28.7 Å². The second-order valence-corrected chi connectivity index (χ2v) is 6.82. The lowest BCUT2D eigenvalue weighted by Crippen LogP contribution is -3.00. The number of nitrogens with zero attached hydrogens (tertiary/aromatic N) is 1. The molecule has 1 aromatic heterocycles. The maximum absolute atomic E-state index is 5.27. The Morgan fingerprint density at radius 2 is 1.84 bits per heavy atom. The van der Waals surface area contributed by atoms with Crippen LogP contribution < -0.4 is 28.7 Å². The van der Waals surface area contributed by atoms with E-state index in [1.54, 1.807) is 18.4 Å². The molecule has 2 nitrogen and oxygen atoms in total. The Bertz CT molecular complexity index is 869. The first-order valence-electron chi connectivity index (χ1n) is 8.21. The lowest BCUT2D eigenvalue weighted by Gasteiger charge is -2.18. The smallest absolute Gasteiger partial charge is 0.215 e. The minimum absolute atomic E-state index is 0. The van der Waals surface area contributed by atoms with Gasteiger partial charge in [0.2, 0.25) is 5.71 Å². The number of halogens is 1. The molecule has 0 saturated carbocycles. The van der Waals surface area contributed by atoms with Crippen LogP contribution in [-0.4, -0.2) is 23.9 Å². The predicted octanol–water partition coefficient (Wildman–Crippen LogP) is 1.37.